The lowest BCUT2D eigenvalue weighted by molar-refractivity contribution is 0.302. The van der Waals surface area contributed by atoms with E-state index < -0.39 is 0 Å². The van der Waals surface area contributed by atoms with Gasteiger partial charge < -0.3 is 4.74 Å². The highest BCUT2D eigenvalue weighted by atomic mass is 35.5. The maximum atomic E-state index is 6.10. The fraction of sp³-hybridized carbons (Fsp3) is 0.143. The van der Waals surface area contributed by atoms with Crippen LogP contribution in [0.3, 0.4) is 0 Å². The number of nitrogens with zero attached hydrogens (tertiary/aromatic N) is 3. The highest BCUT2D eigenvalue weighted by Gasteiger charge is 2.10. The summed E-state index contributed by atoms with van der Waals surface area (Å²) in [6.07, 6.45) is 5.29. The summed E-state index contributed by atoms with van der Waals surface area (Å²) in [5.41, 5.74) is 2.94. The van der Waals surface area contributed by atoms with Crippen LogP contribution in [0.15, 0.2) is 42.9 Å². The van der Waals surface area contributed by atoms with Crippen molar-refractivity contribution in [2.45, 2.75) is 13.5 Å². The number of pyridine rings is 2. The molecule has 0 bridgehead atoms. The molecule has 0 saturated heterocycles. The lowest BCUT2D eigenvalue weighted by atomic mass is 10.2. The molecule has 3 aromatic rings. The molecule has 0 aromatic carbocycles. The van der Waals surface area contributed by atoms with Crippen LogP contribution in [0.1, 0.15) is 11.3 Å². The molecule has 0 fully saturated rings. The zero-order chi connectivity index (χ0) is 13.2. The second-order valence-corrected chi connectivity index (χ2v) is 4.60. The third-order valence-electron chi connectivity index (χ3n) is 2.84. The average molecular weight is 274 g/mol. The Labute approximate surface area is 115 Å². The average Bonchev–Trinajstić information content (AvgIpc) is 2.74. The number of ether oxygens (including phenoxy) is 1. The predicted octanol–water partition coefficient (Wildman–Crippen LogP) is 3.27. The first-order chi connectivity index (χ1) is 9.24. The normalized spacial score (nSPS) is 10.8. The maximum absolute atomic E-state index is 6.10. The van der Waals surface area contributed by atoms with E-state index >= 15 is 0 Å². The van der Waals surface area contributed by atoms with Gasteiger partial charge in [0.2, 0.25) is 5.28 Å². The Morgan fingerprint density at radius 2 is 2.26 bits per heavy atom. The molecule has 4 nitrogen and oxygen atoms in total. The third-order valence-corrected chi connectivity index (χ3v) is 3.11. The standard InChI is InChI=1S/C14H12ClN3O/c1-10-4-6-18-13(7-10)12(17-14(18)15)9-19-11-3-2-5-16-8-11/h2-8H,9H2,1H3. The first kappa shape index (κ1) is 12.0. The highest BCUT2D eigenvalue weighted by molar-refractivity contribution is 6.28. The molecule has 0 unspecified atom stereocenters. The predicted molar refractivity (Wildman–Crippen MR) is 73.5 cm³/mol. The Morgan fingerprint density at radius 1 is 1.37 bits per heavy atom. The second-order valence-electron chi connectivity index (χ2n) is 4.26. The van der Waals surface area contributed by atoms with Crippen LogP contribution in [0.25, 0.3) is 5.52 Å². The molecular formula is C14H12ClN3O. The van der Waals surface area contributed by atoms with Crippen LogP contribution in [0.4, 0.5) is 0 Å². The van der Waals surface area contributed by atoms with E-state index in [0.29, 0.717) is 17.6 Å². The maximum Gasteiger partial charge on any atom is 0.207 e. The molecular weight excluding hydrogens is 262 g/mol. The van der Waals surface area contributed by atoms with Gasteiger partial charge in [-0.1, -0.05) is 0 Å². The number of halogens is 1. The van der Waals surface area contributed by atoms with Crippen molar-refractivity contribution in [3.8, 4) is 5.75 Å². The number of imidazole rings is 1. The summed E-state index contributed by atoms with van der Waals surface area (Å²) < 4.78 is 7.50. The van der Waals surface area contributed by atoms with Crippen LogP contribution in [0.2, 0.25) is 5.28 Å². The minimum atomic E-state index is 0.366. The van der Waals surface area contributed by atoms with Gasteiger partial charge in [0, 0.05) is 12.4 Å². The molecule has 3 rings (SSSR count). The van der Waals surface area contributed by atoms with Crippen molar-refractivity contribution < 1.29 is 4.74 Å². The molecule has 19 heavy (non-hydrogen) atoms. The summed E-state index contributed by atoms with van der Waals surface area (Å²) in [5, 5.41) is 0.444. The summed E-state index contributed by atoms with van der Waals surface area (Å²) in [4.78, 5) is 8.33. The lowest BCUT2D eigenvalue weighted by Crippen LogP contribution is -1.97. The van der Waals surface area contributed by atoms with E-state index in [1.807, 2.05) is 41.8 Å². The van der Waals surface area contributed by atoms with Crippen LogP contribution >= 0.6 is 11.6 Å². The summed E-state index contributed by atoms with van der Waals surface area (Å²) in [6, 6.07) is 7.73. The van der Waals surface area contributed by atoms with Gasteiger partial charge in [-0.25, -0.2) is 4.98 Å². The second kappa shape index (κ2) is 4.90. The lowest BCUT2D eigenvalue weighted by Gasteiger charge is -2.04. The molecule has 3 aromatic heterocycles. The highest BCUT2D eigenvalue weighted by Crippen LogP contribution is 2.20. The number of hydrogen-bond acceptors (Lipinski definition) is 3. The van der Waals surface area contributed by atoms with E-state index in [-0.39, 0.29) is 0 Å². The van der Waals surface area contributed by atoms with E-state index in [1.54, 1.807) is 12.4 Å². The van der Waals surface area contributed by atoms with Crippen LogP contribution in [0, 0.1) is 6.92 Å². The first-order valence-electron chi connectivity index (χ1n) is 5.90. The molecule has 0 atom stereocenters. The topological polar surface area (TPSA) is 39.4 Å². The quantitative estimate of drug-likeness (QED) is 0.735. The number of aryl methyl sites for hydroxylation is 1. The van der Waals surface area contributed by atoms with Crippen molar-refractivity contribution in [3.63, 3.8) is 0 Å². The van der Waals surface area contributed by atoms with E-state index in [4.69, 9.17) is 16.3 Å². The fourth-order valence-electron chi connectivity index (χ4n) is 1.90. The Bertz CT molecular complexity index is 709. The summed E-state index contributed by atoms with van der Waals surface area (Å²) in [5.74, 6) is 0.715. The number of hydrogen-bond donors (Lipinski definition) is 0. The Hall–Kier alpha value is -2.07. The first-order valence-corrected chi connectivity index (χ1v) is 6.28. The van der Waals surface area contributed by atoms with Crippen LogP contribution in [-0.4, -0.2) is 14.4 Å². The summed E-state index contributed by atoms with van der Waals surface area (Å²) in [6.45, 7) is 2.40. The fourth-order valence-corrected chi connectivity index (χ4v) is 2.15. The van der Waals surface area contributed by atoms with Gasteiger partial charge in [-0.05, 0) is 48.4 Å². The molecule has 0 N–H and O–H groups in total. The van der Waals surface area contributed by atoms with E-state index in [0.717, 1.165) is 16.8 Å². The SMILES string of the molecule is Cc1ccn2c(Cl)nc(COc3cccnc3)c2c1. The number of rotatable bonds is 3. The van der Waals surface area contributed by atoms with Crippen LogP contribution in [-0.2, 0) is 6.61 Å². The van der Waals surface area contributed by atoms with Gasteiger partial charge in [-0.2, -0.15) is 0 Å². The molecule has 0 aliphatic carbocycles. The molecule has 96 valence electrons. The Kier molecular flexibility index (Phi) is 3.09. The van der Waals surface area contributed by atoms with Gasteiger partial charge in [-0.3, -0.25) is 9.38 Å². The molecule has 0 aliphatic rings. The van der Waals surface area contributed by atoms with E-state index in [9.17, 15) is 0 Å². The molecule has 0 amide bonds. The van der Waals surface area contributed by atoms with Gasteiger partial charge in [0.1, 0.15) is 18.1 Å². The van der Waals surface area contributed by atoms with Crippen LogP contribution < -0.4 is 4.74 Å². The monoisotopic (exact) mass is 273 g/mol. The van der Waals surface area contributed by atoms with Gasteiger partial charge in [-0.15, -0.1) is 0 Å². The van der Waals surface area contributed by atoms with Crippen molar-refractivity contribution in [2.75, 3.05) is 0 Å². The number of fused-ring (bicyclic) bond motifs is 1. The van der Waals surface area contributed by atoms with Crippen molar-refractivity contribution >= 4 is 17.1 Å². The zero-order valence-corrected chi connectivity index (χ0v) is 11.1. The molecule has 3 heterocycles. The van der Waals surface area contributed by atoms with Crippen molar-refractivity contribution in [1.82, 2.24) is 14.4 Å². The third kappa shape index (κ3) is 2.39. The molecule has 0 spiro atoms. The summed E-state index contributed by atoms with van der Waals surface area (Å²) in [7, 11) is 0. The van der Waals surface area contributed by atoms with Gasteiger partial charge in [0.15, 0.2) is 0 Å². The minimum Gasteiger partial charge on any atom is -0.486 e. The smallest absolute Gasteiger partial charge is 0.207 e. The van der Waals surface area contributed by atoms with Crippen molar-refractivity contribution in [3.05, 3.63) is 59.4 Å². The van der Waals surface area contributed by atoms with Gasteiger partial charge in [0.25, 0.3) is 0 Å². The zero-order valence-electron chi connectivity index (χ0n) is 10.4. The molecule has 0 radical (unpaired) electrons. The molecule has 0 saturated carbocycles. The molecule has 0 aliphatic heterocycles. The number of aromatic nitrogens is 3. The Morgan fingerprint density at radius 3 is 3.05 bits per heavy atom. The van der Waals surface area contributed by atoms with E-state index in [1.165, 1.54) is 0 Å². The molecule has 5 heteroatoms. The minimum absolute atomic E-state index is 0.366. The van der Waals surface area contributed by atoms with Crippen molar-refractivity contribution in [1.29, 1.82) is 0 Å². The van der Waals surface area contributed by atoms with Gasteiger partial charge >= 0.3 is 0 Å². The van der Waals surface area contributed by atoms with Crippen LogP contribution in [0.5, 0.6) is 5.75 Å². The largest absolute Gasteiger partial charge is 0.486 e. The summed E-state index contributed by atoms with van der Waals surface area (Å²) >= 11 is 6.10. The van der Waals surface area contributed by atoms with Crippen molar-refractivity contribution in [2.24, 2.45) is 0 Å². The van der Waals surface area contributed by atoms with Gasteiger partial charge in [0.05, 0.1) is 11.7 Å². The van der Waals surface area contributed by atoms with E-state index in [2.05, 4.69) is 9.97 Å². The Balaban J connectivity index is 1.91.